The van der Waals surface area contributed by atoms with Crippen LogP contribution in [0.1, 0.15) is 37.0 Å². The van der Waals surface area contributed by atoms with Crippen molar-refractivity contribution in [3.05, 3.63) is 53.1 Å². The van der Waals surface area contributed by atoms with E-state index in [1.807, 2.05) is 26.0 Å². The monoisotopic (exact) mass is 465 g/mol. The van der Waals surface area contributed by atoms with Crippen LogP contribution < -0.4 is 19.7 Å². The molecule has 0 aliphatic carbocycles. The van der Waals surface area contributed by atoms with Gasteiger partial charge in [0.1, 0.15) is 5.75 Å². The highest BCUT2D eigenvalue weighted by molar-refractivity contribution is 7.89. The molecule has 1 saturated heterocycles. The zero-order valence-corrected chi connectivity index (χ0v) is 19.5. The van der Waals surface area contributed by atoms with E-state index in [0.29, 0.717) is 23.6 Å². The summed E-state index contributed by atoms with van der Waals surface area (Å²) in [6.07, 6.45) is 1.48. The van der Waals surface area contributed by atoms with E-state index >= 15 is 0 Å². The molecule has 0 aromatic heterocycles. The van der Waals surface area contributed by atoms with Crippen LogP contribution >= 0.6 is 11.6 Å². The van der Waals surface area contributed by atoms with E-state index in [9.17, 15) is 13.2 Å². The highest BCUT2D eigenvalue weighted by atomic mass is 35.5. The summed E-state index contributed by atoms with van der Waals surface area (Å²) in [6.45, 7) is 5.12. The molecule has 3 rings (SSSR count). The molecule has 1 aliphatic rings. The van der Waals surface area contributed by atoms with Crippen molar-refractivity contribution in [2.24, 2.45) is 0 Å². The maximum atomic E-state index is 12.7. The highest BCUT2D eigenvalue weighted by Crippen LogP contribution is 2.33. The zero-order chi connectivity index (χ0) is 22.6. The molecule has 0 radical (unpaired) electrons. The molecular formula is C22H28ClN3O4S. The van der Waals surface area contributed by atoms with Gasteiger partial charge in [-0.2, -0.15) is 0 Å². The molecule has 1 heterocycles. The first kappa shape index (κ1) is 23.4. The predicted molar refractivity (Wildman–Crippen MR) is 123 cm³/mol. The number of carbonyl (C=O) groups is 1. The Bertz CT molecular complexity index is 1030. The molecule has 1 aliphatic heterocycles. The van der Waals surface area contributed by atoms with Gasteiger partial charge in [0.15, 0.2) is 0 Å². The molecule has 0 bridgehead atoms. The van der Waals surface area contributed by atoms with E-state index in [1.165, 1.54) is 24.3 Å². The molecular weight excluding hydrogens is 438 g/mol. The van der Waals surface area contributed by atoms with Gasteiger partial charge in [0.25, 0.3) is 5.91 Å². The van der Waals surface area contributed by atoms with Crippen molar-refractivity contribution in [3.8, 4) is 5.75 Å². The Morgan fingerprint density at radius 1 is 1.26 bits per heavy atom. The number of sulfonamides is 1. The van der Waals surface area contributed by atoms with Gasteiger partial charge in [-0.25, -0.2) is 13.1 Å². The molecule has 9 heteroatoms. The number of hydrogen-bond acceptors (Lipinski definition) is 5. The Labute approximate surface area is 188 Å². The summed E-state index contributed by atoms with van der Waals surface area (Å²) >= 11 is 6.13. The SMILES string of the molecule is CCC(C)NS(=O)(=O)c1ccc(C(=O)NC2CCN(c3cc(Cl)ccc3OC)C2)cc1. The second kappa shape index (κ2) is 9.89. The number of nitrogens with zero attached hydrogens (tertiary/aromatic N) is 1. The van der Waals surface area contributed by atoms with Crippen molar-refractivity contribution in [1.29, 1.82) is 0 Å². The fourth-order valence-electron chi connectivity index (χ4n) is 3.48. The molecule has 7 nitrogen and oxygen atoms in total. The molecule has 0 saturated carbocycles. The average molecular weight is 466 g/mol. The molecule has 1 amide bonds. The molecule has 1 fully saturated rings. The van der Waals surface area contributed by atoms with Crippen molar-refractivity contribution in [2.45, 2.75) is 43.7 Å². The molecule has 2 aromatic rings. The van der Waals surface area contributed by atoms with E-state index < -0.39 is 10.0 Å². The first-order chi connectivity index (χ1) is 14.7. The van der Waals surface area contributed by atoms with Crippen LogP contribution in [0.15, 0.2) is 47.4 Å². The van der Waals surface area contributed by atoms with Gasteiger partial charge >= 0.3 is 0 Å². The molecule has 0 spiro atoms. The molecule has 2 N–H and O–H groups in total. The van der Waals surface area contributed by atoms with Crippen LogP contribution in [0, 0.1) is 0 Å². The maximum absolute atomic E-state index is 12.7. The number of benzene rings is 2. The quantitative estimate of drug-likeness (QED) is 0.623. The van der Waals surface area contributed by atoms with Gasteiger partial charge in [-0.05, 0) is 62.2 Å². The number of carbonyl (C=O) groups excluding carboxylic acids is 1. The van der Waals surface area contributed by atoms with Gasteiger partial charge in [0, 0.05) is 35.8 Å². The Balaban J connectivity index is 1.63. The summed E-state index contributed by atoms with van der Waals surface area (Å²) in [4.78, 5) is 14.9. The van der Waals surface area contributed by atoms with Crippen LogP contribution in [0.4, 0.5) is 5.69 Å². The maximum Gasteiger partial charge on any atom is 0.251 e. The predicted octanol–water partition coefficient (Wildman–Crippen LogP) is 3.43. The largest absolute Gasteiger partial charge is 0.495 e. The number of nitrogens with one attached hydrogen (secondary N) is 2. The van der Waals surface area contributed by atoms with Crippen molar-refractivity contribution < 1.29 is 17.9 Å². The van der Waals surface area contributed by atoms with E-state index in [0.717, 1.165) is 24.4 Å². The smallest absolute Gasteiger partial charge is 0.251 e. The first-order valence-corrected chi connectivity index (χ1v) is 12.1. The third-order valence-electron chi connectivity index (χ3n) is 5.40. The molecule has 31 heavy (non-hydrogen) atoms. The lowest BCUT2D eigenvalue weighted by molar-refractivity contribution is 0.0940. The zero-order valence-electron chi connectivity index (χ0n) is 17.9. The number of amides is 1. The van der Waals surface area contributed by atoms with Gasteiger partial charge < -0.3 is 15.0 Å². The number of rotatable bonds is 8. The Morgan fingerprint density at radius 3 is 2.61 bits per heavy atom. The van der Waals surface area contributed by atoms with Crippen molar-refractivity contribution in [2.75, 3.05) is 25.1 Å². The second-order valence-electron chi connectivity index (χ2n) is 7.68. The minimum Gasteiger partial charge on any atom is -0.495 e. The standard InChI is InChI=1S/C22H28ClN3O4S/c1-4-15(2)25-31(28,29)19-8-5-16(6-9-19)22(27)24-18-11-12-26(14-18)20-13-17(23)7-10-21(20)30-3/h5-10,13,15,18,25H,4,11-12,14H2,1-3H3,(H,24,27). The van der Waals surface area contributed by atoms with Crippen LogP contribution in [0.3, 0.4) is 0 Å². The lowest BCUT2D eigenvalue weighted by Gasteiger charge is -2.21. The number of ether oxygens (including phenoxy) is 1. The topological polar surface area (TPSA) is 87.7 Å². The lowest BCUT2D eigenvalue weighted by atomic mass is 10.2. The van der Waals surface area contributed by atoms with Gasteiger partial charge in [-0.1, -0.05) is 18.5 Å². The number of anilines is 1. The van der Waals surface area contributed by atoms with Crippen LogP contribution in [0.25, 0.3) is 0 Å². The number of halogens is 1. The molecule has 2 unspecified atom stereocenters. The van der Waals surface area contributed by atoms with Gasteiger partial charge in [-0.3, -0.25) is 4.79 Å². The Kier molecular flexibility index (Phi) is 7.46. The van der Waals surface area contributed by atoms with E-state index in [1.54, 1.807) is 13.2 Å². The third-order valence-corrected chi connectivity index (χ3v) is 7.24. The third kappa shape index (κ3) is 5.70. The minimum absolute atomic E-state index is 0.0355. The van der Waals surface area contributed by atoms with Gasteiger partial charge in [-0.15, -0.1) is 0 Å². The Morgan fingerprint density at radius 2 is 1.97 bits per heavy atom. The van der Waals surface area contributed by atoms with Gasteiger partial charge in [0.05, 0.1) is 17.7 Å². The number of hydrogen-bond donors (Lipinski definition) is 2. The molecule has 2 atom stereocenters. The normalized spacial score (nSPS) is 17.4. The first-order valence-electron chi connectivity index (χ1n) is 10.2. The fraction of sp³-hybridized carbons (Fsp3) is 0.409. The van der Waals surface area contributed by atoms with E-state index in [-0.39, 0.29) is 22.9 Å². The summed E-state index contributed by atoms with van der Waals surface area (Å²) in [5.74, 6) is 0.503. The second-order valence-corrected chi connectivity index (χ2v) is 9.83. The average Bonchev–Trinajstić information content (AvgIpc) is 3.21. The van der Waals surface area contributed by atoms with E-state index in [2.05, 4.69) is 14.9 Å². The molecule has 2 aromatic carbocycles. The van der Waals surface area contributed by atoms with Crippen molar-refractivity contribution in [3.63, 3.8) is 0 Å². The summed E-state index contributed by atoms with van der Waals surface area (Å²) in [5.41, 5.74) is 1.32. The summed E-state index contributed by atoms with van der Waals surface area (Å²) in [6, 6.07) is 11.3. The summed E-state index contributed by atoms with van der Waals surface area (Å²) < 4.78 is 32.8. The van der Waals surface area contributed by atoms with Crippen LogP contribution in [-0.4, -0.2) is 46.6 Å². The lowest BCUT2D eigenvalue weighted by Crippen LogP contribution is -2.37. The minimum atomic E-state index is -3.60. The summed E-state index contributed by atoms with van der Waals surface area (Å²) in [7, 11) is -1.98. The number of methoxy groups -OCH3 is 1. The van der Waals surface area contributed by atoms with Crippen LogP contribution in [0.2, 0.25) is 5.02 Å². The van der Waals surface area contributed by atoms with Crippen molar-refractivity contribution >= 4 is 33.2 Å². The fourth-order valence-corrected chi connectivity index (χ4v) is 4.97. The molecule has 168 valence electrons. The van der Waals surface area contributed by atoms with Gasteiger partial charge in [0.2, 0.25) is 10.0 Å². The van der Waals surface area contributed by atoms with E-state index in [4.69, 9.17) is 16.3 Å². The van der Waals surface area contributed by atoms with Crippen molar-refractivity contribution in [1.82, 2.24) is 10.0 Å². The van der Waals surface area contributed by atoms with Crippen LogP contribution in [0.5, 0.6) is 5.75 Å². The Hall–Kier alpha value is -2.29. The summed E-state index contributed by atoms with van der Waals surface area (Å²) in [5, 5.41) is 3.65. The highest BCUT2D eigenvalue weighted by Gasteiger charge is 2.26. The van der Waals surface area contributed by atoms with Crippen LogP contribution in [-0.2, 0) is 10.0 Å².